The Morgan fingerprint density at radius 1 is 1.22 bits per heavy atom. The van der Waals surface area contributed by atoms with Gasteiger partial charge in [-0.25, -0.2) is 8.42 Å². The molecule has 3 atom stereocenters. The number of nitrogens with one attached hydrogen (secondary N) is 1. The summed E-state index contributed by atoms with van der Waals surface area (Å²) < 4.78 is 24.7. The van der Waals surface area contributed by atoms with Crippen molar-refractivity contribution in [3.8, 4) is 0 Å². The van der Waals surface area contributed by atoms with E-state index in [1.807, 2.05) is 12.1 Å². The predicted octanol–water partition coefficient (Wildman–Crippen LogP) is 2.01. The molecular formula is C14H19NO2S. The molecule has 0 aromatic heterocycles. The van der Waals surface area contributed by atoms with Gasteiger partial charge in [-0.05, 0) is 36.4 Å². The van der Waals surface area contributed by atoms with Gasteiger partial charge in [0.2, 0.25) is 0 Å². The first-order valence-corrected chi connectivity index (χ1v) is 8.35. The molecule has 1 N–H and O–H groups in total. The molecule has 1 heterocycles. The average Bonchev–Trinajstić information content (AvgIpc) is 2.50. The van der Waals surface area contributed by atoms with Gasteiger partial charge in [0.05, 0.1) is 11.0 Å². The summed E-state index contributed by atoms with van der Waals surface area (Å²) in [6.45, 7) is 2.93. The molecule has 0 bridgehead atoms. The first kappa shape index (κ1) is 12.2. The third-order valence-electron chi connectivity index (χ3n) is 4.25. The Morgan fingerprint density at radius 3 is 2.72 bits per heavy atom. The van der Waals surface area contributed by atoms with E-state index in [1.54, 1.807) is 0 Å². The van der Waals surface area contributed by atoms with Gasteiger partial charge in [0.1, 0.15) is 0 Å². The Kier molecular flexibility index (Phi) is 2.94. The SMILES string of the molecule is CC1CC2C(NCCCS2(=O)=O)c2ccccc21. The maximum Gasteiger partial charge on any atom is 0.155 e. The van der Waals surface area contributed by atoms with E-state index in [9.17, 15) is 8.42 Å². The Bertz CT molecular complexity index is 553. The number of benzene rings is 1. The summed E-state index contributed by atoms with van der Waals surface area (Å²) in [7, 11) is -2.96. The molecular weight excluding hydrogens is 246 g/mol. The second kappa shape index (κ2) is 4.35. The Labute approximate surface area is 109 Å². The van der Waals surface area contributed by atoms with Crippen LogP contribution in [0.5, 0.6) is 0 Å². The summed E-state index contributed by atoms with van der Waals surface area (Å²) in [6.07, 6.45) is 1.48. The van der Waals surface area contributed by atoms with Crippen LogP contribution in [-0.4, -0.2) is 26.0 Å². The fourth-order valence-electron chi connectivity index (χ4n) is 3.33. The van der Waals surface area contributed by atoms with Gasteiger partial charge in [0.25, 0.3) is 0 Å². The van der Waals surface area contributed by atoms with Crippen molar-refractivity contribution in [1.82, 2.24) is 5.32 Å². The van der Waals surface area contributed by atoms with Crippen LogP contribution in [0.25, 0.3) is 0 Å². The van der Waals surface area contributed by atoms with E-state index < -0.39 is 9.84 Å². The van der Waals surface area contributed by atoms with Gasteiger partial charge in [0, 0.05) is 6.04 Å². The quantitative estimate of drug-likeness (QED) is 0.780. The molecule has 1 aromatic carbocycles. The molecule has 3 rings (SSSR count). The summed E-state index contributed by atoms with van der Waals surface area (Å²) in [5, 5.41) is 3.19. The molecule has 3 nitrogen and oxygen atoms in total. The average molecular weight is 265 g/mol. The molecule has 0 radical (unpaired) electrons. The molecule has 3 unspecified atom stereocenters. The molecule has 1 aliphatic carbocycles. The van der Waals surface area contributed by atoms with E-state index in [-0.39, 0.29) is 11.3 Å². The van der Waals surface area contributed by atoms with Crippen molar-refractivity contribution in [3.05, 3.63) is 35.4 Å². The van der Waals surface area contributed by atoms with Crippen molar-refractivity contribution in [2.75, 3.05) is 12.3 Å². The van der Waals surface area contributed by atoms with Crippen molar-refractivity contribution in [2.45, 2.75) is 37.0 Å². The maximum atomic E-state index is 12.4. The second-order valence-electron chi connectivity index (χ2n) is 5.46. The number of sulfone groups is 1. The standard InChI is InChI=1S/C14H19NO2S/c1-10-9-13-14(12-6-3-2-5-11(10)12)15-7-4-8-18(13,16)17/h2-3,5-6,10,13-15H,4,7-9H2,1H3. The lowest BCUT2D eigenvalue weighted by molar-refractivity contribution is 0.437. The van der Waals surface area contributed by atoms with Crippen molar-refractivity contribution >= 4 is 9.84 Å². The van der Waals surface area contributed by atoms with Crippen LogP contribution in [0.2, 0.25) is 0 Å². The van der Waals surface area contributed by atoms with Crippen molar-refractivity contribution in [2.24, 2.45) is 0 Å². The minimum absolute atomic E-state index is 0.00935. The molecule has 2 aliphatic rings. The summed E-state index contributed by atoms with van der Waals surface area (Å²) in [5.74, 6) is 0.660. The lowest BCUT2D eigenvalue weighted by Crippen LogP contribution is -2.39. The highest BCUT2D eigenvalue weighted by Gasteiger charge is 2.41. The molecule has 0 spiro atoms. The van der Waals surface area contributed by atoms with Crippen LogP contribution in [-0.2, 0) is 9.84 Å². The van der Waals surface area contributed by atoms with Crippen LogP contribution in [0.4, 0.5) is 0 Å². The second-order valence-corrected chi connectivity index (χ2v) is 7.80. The number of hydrogen-bond donors (Lipinski definition) is 1. The number of fused-ring (bicyclic) bond motifs is 3. The molecule has 1 aromatic rings. The van der Waals surface area contributed by atoms with E-state index in [0.29, 0.717) is 11.7 Å². The molecule has 4 heteroatoms. The smallest absolute Gasteiger partial charge is 0.155 e. The molecule has 0 amide bonds. The monoisotopic (exact) mass is 265 g/mol. The Balaban J connectivity index is 2.12. The van der Waals surface area contributed by atoms with E-state index in [0.717, 1.165) is 19.4 Å². The molecule has 18 heavy (non-hydrogen) atoms. The van der Waals surface area contributed by atoms with Gasteiger partial charge in [-0.15, -0.1) is 0 Å². The molecule has 0 saturated carbocycles. The fraction of sp³-hybridized carbons (Fsp3) is 0.571. The Morgan fingerprint density at radius 2 is 1.94 bits per heavy atom. The van der Waals surface area contributed by atoms with Gasteiger partial charge in [-0.1, -0.05) is 31.2 Å². The number of rotatable bonds is 0. The number of hydrogen-bond acceptors (Lipinski definition) is 3. The largest absolute Gasteiger partial charge is 0.309 e. The summed E-state index contributed by atoms with van der Waals surface area (Å²) in [4.78, 5) is 0. The topological polar surface area (TPSA) is 46.2 Å². The van der Waals surface area contributed by atoms with Crippen LogP contribution in [0.1, 0.15) is 42.9 Å². The van der Waals surface area contributed by atoms with Gasteiger partial charge in [0.15, 0.2) is 9.84 Å². The lowest BCUT2D eigenvalue weighted by Gasteiger charge is -2.35. The minimum Gasteiger partial charge on any atom is -0.309 e. The van der Waals surface area contributed by atoms with Gasteiger partial charge in [-0.2, -0.15) is 0 Å². The summed E-state index contributed by atoms with van der Waals surface area (Å²) in [6, 6.07) is 8.25. The van der Waals surface area contributed by atoms with Crippen LogP contribution in [0.15, 0.2) is 24.3 Å². The normalized spacial score (nSPS) is 34.2. The van der Waals surface area contributed by atoms with Crippen LogP contribution < -0.4 is 5.32 Å². The highest BCUT2D eigenvalue weighted by Crippen LogP contribution is 2.41. The maximum absolute atomic E-state index is 12.4. The first-order chi connectivity index (χ1) is 8.59. The highest BCUT2D eigenvalue weighted by molar-refractivity contribution is 7.92. The van der Waals surface area contributed by atoms with Gasteiger partial charge < -0.3 is 5.32 Å². The first-order valence-electron chi connectivity index (χ1n) is 6.63. The summed E-state index contributed by atoms with van der Waals surface area (Å²) >= 11 is 0. The van der Waals surface area contributed by atoms with E-state index >= 15 is 0 Å². The van der Waals surface area contributed by atoms with Crippen molar-refractivity contribution in [1.29, 1.82) is 0 Å². The van der Waals surface area contributed by atoms with Crippen LogP contribution in [0, 0.1) is 0 Å². The zero-order valence-electron chi connectivity index (χ0n) is 10.6. The molecule has 98 valence electrons. The minimum atomic E-state index is -2.96. The van der Waals surface area contributed by atoms with Crippen LogP contribution >= 0.6 is 0 Å². The zero-order valence-corrected chi connectivity index (χ0v) is 11.4. The third-order valence-corrected chi connectivity index (χ3v) is 6.50. The zero-order chi connectivity index (χ0) is 12.8. The van der Waals surface area contributed by atoms with E-state index in [2.05, 4.69) is 24.4 Å². The van der Waals surface area contributed by atoms with Crippen molar-refractivity contribution in [3.63, 3.8) is 0 Å². The van der Waals surface area contributed by atoms with E-state index in [4.69, 9.17) is 0 Å². The molecule has 1 fully saturated rings. The molecule has 1 aliphatic heterocycles. The van der Waals surface area contributed by atoms with Crippen molar-refractivity contribution < 1.29 is 8.42 Å². The Hall–Kier alpha value is -0.870. The third kappa shape index (κ3) is 1.88. The highest BCUT2D eigenvalue weighted by atomic mass is 32.2. The molecule has 1 saturated heterocycles. The van der Waals surface area contributed by atoms with E-state index in [1.165, 1.54) is 11.1 Å². The van der Waals surface area contributed by atoms with Crippen LogP contribution in [0.3, 0.4) is 0 Å². The van der Waals surface area contributed by atoms with Gasteiger partial charge >= 0.3 is 0 Å². The lowest BCUT2D eigenvalue weighted by atomic mass is 9.80. The fourth-order valence-corrected chi connectivity index (χ4v) is 5.42. The van der Waals surface area contributed by atoms with Gasteiger partial charge in [-0.3, -0.25) is 0 Å². The predicted molar refractivity (Wildman–Crippen MR) is 72.4 cm³/mol. The summed E-state index contributed by atoms with van der Waals surface area (Å²) in [5.41, 5.74) is 2.50.